The third-order valence-corrected chi connectivity index (χ3v) is 4.23. The monoisotopic (exact) mass is 261 g/mol. The molecule has 0 aromatic carbocycles. The third kappa shape index (κ3) is 1.96. The molecule has 2 unspecified atom stereocenters. The molecule has 0 radical (unpaired) electrons. The van der Waals surface area contributed by atoms with Gasteiger partial charge in [0.2, 0.25) is 0 Å². The lowest BCUT2D eigenvalue weighted by Gasteiger charge is -2.16. The second kappa shape index (κ2) is 4.09. The average molecular weight is 262 g/mol. The summed E-state index contributed by atoms with van der Waals surface area (Å²) in [6, 6.07) is 0.128. The first-order chi connectivity index (χ1) is 6.29. The van der Waals surface area contributed by atoms with Crippen molar-refractivity contribution >= 4 is 27.3 Å². The third-order valence-electron chi connectivity index (χ3n) is 2.47. The molecule has 72 valence electrons. The molecule has 2 N–H and O–H groups in total. The molecule has 2 nitrogen and oxygen atoms in total. The number of ether oxygens (including phenoxy) is 1. The van der Waals surface area contributed by atoms with E-state index in [1.54, 1.807) is 11.3 Å². The van der Waals surface area contributed by atoms with Crippen molar-refractivity contribution in [3.63, 3.8) is 0 Å². The number of rotatable bonds is 2. The van der Waals surface area contributed by atoms with Gasteiger partial charge in [0, 0.05) is 28.4 Å². The lowest BCUT2D eigenvalue weighted by molar-refractivity contribution is 0.181. The van der Waals surface area contributed by atoms with Crippen LogP contribution >= 0.6 is 27.3 Å². The topological polar surface area (TPSA) is 35.2 Å². The maximum Gasteiger partial charge on any atom is 0.0513 e. The second-order valence-corrected chi connectivity index (χ2v) is 4.92. The van der Waals surface area contributed by atoms with Crippen molar-refractivity contribution in [2.24, 2.45) is 11.7 Å². The molecule has 0 amide bonds. The highest BCUT2D eigenvalue weighted by atomic mass is 79.9. The molecule has 1 aliphatic rings. The summed E-state index contributed by atoms with van der Waals surface area (Å²) in [5, 5.41) is 4.19. The fourth-order valence-electron chi connectivity index (χ4n) is 1.62. The zero-order valence-electron chi connectivity index (χ0n) is 7.20. The van der Waals surface area contributed by atoms with Crippen molar-refractivity contribution in [3.8, 4) is 0 Å². The normalized spacial score (nSPS) is 24.9. The van der Waals surface area contributed by atoms with Crippen LogP contribution in [0.2, 0.25) is 0 Å². The Balaban J connectivity index is 2.12. The Morgan fingerprint density at radius 2 is 2.46 bits per heavy atom. The standard InChI is InChI=1S/C9H12BrNOS/c10-8-5-13-4-7(8)9(11)6-1-2-12-3-6/h4-6,9H,1-3,11H2. The molecule has 0 spiro atoms. The summed E-state index contributed by atoms with van der Waals surface area (Å²) in [5.74, 6) is 0.492. The Morgan fingerprint density at radius 3 is 3.00 bits per heavy atom. The van der Waals surface area contributed by atoms with Gasteiger partial charge >= 0.3 is 0 Å². The molecule has 2 rings (SSSR count). The van der Waals surface area contributed by atoms with Gasteiger partial charge in [0.1, 0.15) is 0 Å². The average Bonchev–Trinajstić information content (AvgIpc) is 2.72. The van der Waals surface area contributed by atoms with Gasteiger partial charge in [-0.2, -0.15) is 11.3 Å². The van der Waals surface area contributed by atoms with Gasteiger partial charge in [0.05, 0.1) is 6.61 Å². The van der Waals surface area contributed by atoms with Gasteiger partial charge in [-0.15, -0.1) is 0 Å². The molecule has 1 aromatic heterocycles. The first-order valence-electron chi connectivity index (χ1n) is 4.34. The Hall–Kier alpha value is 0.1000. The van der Waals surface area contributed by atoms with E-state index in [2.05, 4.69) is 26.7 Å². The highest BCUT2D eigenvalue weighted by molar-refractivity contribution is 9.10. The molecule has 4 heteroatoms. The van der Waals surface area contributed by atoms with Crippen molar-refractivity contribution in [1.29, 1.82) is 0 Å². The van der Waals surface area contributed by atoms with E-state index in [1.807, 2.05) is 0 Å². The molecule has 1 aromatic rings. The van der Waals surface area contributed by atoms with Crippen molar-refractivity contribution in [2.45, 2.75) is 12.5 Å². The molecule has 1 fully saturated rings. The van der Waals surface area contributed by atoms with Gasteiger partial charge in [-0.1, -0.05) is 0 Å². The van der Waals surface area contributed by atoms with E-state index in [-0.39, 0.29) is 6.04 Å². The molecule has 2 heterocycles. The molecule has 1 aliphatic heterocycles. The Bertz CT molecular complexity index is 283. The summed E-state index contributed by atoms with van der Waals surface area (Å²) in [6.07, 6.45) is 1.09. The number of thiophene rings is 1. The van der Waals surface area contributed by atoms with E-state index in [0.29, 0.717) is 5.92 Å². The van der Waals surface area contributed by atoms with Crippen molar-refractivity contribution in [3.05, 3.63) is 20.8 Å². The molecular formula is C9H12BrNOS. The van der Waals surface area contributed by atoms with Crippen LogP contribution < -0.4 is 5.73 Å². The molecule has 0 aliphatic carbocycles. The minimum atomic E-state index is 0.128. The van der Waals surface area contributed by atoms with Crippen LogP contribution in [-0.4, -0.2) is 13.2 Å². The van der Waals surface area contributed by atoms with Crippen molar-refractivity contribution < 1.29 is 4.74 Å². The molecule has 1 saturated heterocycles. The van der Waals surface area contributed by atoms with Crippen LogP contribution in [0.25, 0.3) is 0 Å². The summed E-state index contributed by atoms with van der Waals surface area (Å²) in [4.78, 5) is 0. The zero-order valence-corrected chi connectivity index (χ0v) is 9.61. The van der Waals surface area contributed by atoms with Gasteiger partial charge in [-0.3, -0.25) is 0 Å². The highest BCUT2D eigenvalue weighted by Crippen LogP contribution is 2.33. The van der Waals surface area contributed by atoms with Gasteiger partial charge in [-0.25, -0.2) is 0 Å². The summed E-state index contributed by atoms with van der Waals surface area (Å²) in [5.41, 5.74) is 7.36. The summed E-state index contributed by atoms with van der Waals surface area (Å²) < 4.78 is 6.46. The van der Waals surface area contributed by atoms with E-state index >= 15 is 0 Å². The van der Waals surface area contributed by atoms with Gasteiger partial charge in [0.15, 0.2) is 0 Å². The molecule has 0 bridgehead atoms. The maximum absolute atomic E-state index is 6.14. The first kappa shape index (κ1) is 9.65. The lowest BCUT2D eigenvalue weighted by Crippen LogP contribution is -2.21. The van der Waals surface area contributed by atoms with Crippen LogP contribution in [0.1, 0.15) is 18.0 Å². The quantitative estimate of drug-likeness (QED) is 0.889. The Kier molecular flexibility index (Phi) is 3.03. The lowest BCUT2D eigenvalue weighted by atomic mass is 9.95. The predicted octanol–water partition coefficient (Wildman–Crippen LogP) is 2.55. The highest BCUT2D eigenvalue weighted by Gasteiger charge is 2.25. The first-order valence-corrected chi connectivity index (χ1v) is 6.07. The number of halogens is 1. The molecular weight excluding hydrogens is 250 g/mol. The largest absolute Gasteiger partial charge is 0.381 e. The van der Waals surface area contributed by atoms with E-state index in [1.165, 1.54) is 5.56 Å². The van der Waals surface area contributed by atoms with Crippen molar-refractivity contribution in [1.82, 2.24) is 0 Å². The molecule has 13 heavy (non-hydrogen) atoms. The minimum absolute atomic E-state index is 0.128. The molecule has 0 saturated carbocycles. The van der Waals surface area contributed by atoms with Crippen molar-refractivity contribution in [2.75, 3.05) is 13.2 Å². The zero-order chi connectivity index (χ0) is 9.26. The smallest absolute Gasteiger partial charge is 0.0513 e. The minimum Gasteiger partial charge on any atom is -0.381 e. The fourth-order valence-corrected chi connectivity index (χ4v) is 3.23. The summed E-state index contributed by atoms with van der Waals surface area (Å²) >= 11 is 5.19. The van der Waals surface area contributed by atoms with E-state index in [9.17, 15) is 0 Å². The molecule has 2 atom stereocenters. The van der Waals surface area contributed by atoms with Crippen LogP contribution in [0, 0.1) is 5.92 Å². The Labute approximate surface area is 90.2 Å². The maximum atomic E-state index is 6.14. The van der Waals surface area contributed by atoms with Crippen LogP contribution in [0.15, 0.2) is 15.2 Å². The van der Waals surface area contributed by atoms with Crippen LogP contribution in [0.4, 0.5) is 0 Å². The fraction of sp³-hybridized carbons (Fsp3) is 0.556. The second-order valence-electron chi connectivity index (χ2n) is 3.32. The summed E-state index contributed by atoms with van der Waals surface area (Å²) in [6.45, 7) is 1.67. The Morgan fingerprint density at radius 1 is 1.62 bits per heavy atom. The van der Waals surface area contributed by atoms with Gasteiger partial charge in [-0.05, 0) is 33.3 Å². The van der Waals surface area contributed by atoms with E-state index in [4.69, 9.17) is 10.5 Å². The van der Waals surface area contributed by atoms with Crippen LogP contribution in [-0.2, 0) is 4.74 Å². The van der Waals surface area contributed by atoms with E-state index < -0.39 is 0 Å². The number of hydrogen-bond acceptors (Lipinski definition) is 3. The number of nitrogens with two attached hydrogens (primary N) is 1. The van der Waals surface area contributed by atoms with E-state index in [0.717, 1.165) is 24.1 Å². The summed E-state index contributed by atoms with van der Waals surface area (Å²) in [7, 11) is 0. The van der Waals surface area contributed by atoms with Gasteiger partial charge in [0.25, 0.3) is 0 Å². The van der Waals surface area contributed by atoms with Crippen LogP contribution in [0.3, 0.4) is 0 Å². The number of hydrogen-bond donors (Lipinski definition) is 1. The SMILES string of the molecule is NC(c1cscc1Br)C1CCOC1. The predicted molar refractivity (Wildman–Crippen MR) is 57.9 cm³/mol. The van der Waals surface area contributed by atoms with Gasteiger partial charge < -0.3 is 10.5 Å². The van der Waals surface area contributed by atoms with Crippen LogP contribution in [0.5, 0.6) is 0 Å².